The van der Waals surface area contributed by atoms with Crippen LogP contribution in [0.2, 0.25) is 0 Å². The number of nitrogens with zero attached hydrogens (tertiary/aromatic N) is 2. The first-order valence-corrected chi connectivity index (χ1v) is 5.55. The van der Waals surface area contributed by atoms with Crippen molar-refractivity contribution in [1.29, 1.82) is 0 Å². The second-order valence-corrected chi connectivity index (χ2v) is 4.03. The molecule has 0 saturated carbocycles. The number of guanidine groups is 1. The maximum atomic E-state index is 4.37. The molecule has 0 saturated heterocycles. The van der Waals surface area contributed by atoms with Gasteiger partial charge in [-0.1, -0.05) is 18.2 Å². The van der Waals surface area contributed by atoms with E-state index < -0.39 is 0 Å². The third kappa shape index (κ3) is 1.99. The molecule has 1 N–H and O–H groups in total. The first kappa shape index (κ1) is 10.1. The summed E-state index contributed by atoms with van der Waals surface area (Å²) in [6, 6.07) is 8.25. The summed E-state index contributed by atoms with van der Waals surface area (Å²) in [5, 5.41) is 0. The van der Waals surface area contributed by atoms with Gasteiger partial charge in [0.15, 0.2) is 0 Å². The number of benzene rings is 1. The molecular weight excluding hydrogens is 206 g/mol. The Morgan fingerprint density at radius 3 is 3.13 bits per heavy atom. The summed E-state index contributed by atoms with van der Waals surface area (Å²) in [4.78, 5) is 7.65. The number of anilines is 1. The Morgan fingerprint density at radius 2 is 2.33 bits per heavy atom. The molecule has 78 valence electrons. The predicted molar refractivity (Wildman–Crippen MR) is 66.3 cm³/mol. The van der Waals surface area contributed by atoms with E-state index in [9.17, 15) is 0 Å². The quantitative estimate of drug-likeness (QED) is 0.611. The SMILES string of the molecule is C=CCN=C1NSc2ccccc2N1C. The van der Waals surface area contributed by atoms with Gasteiger partial charge in [0.1, 0.15) is 0 Å². The maximum Gasteiger partial charge on any atom is 0.209 e. The van der Waals surface area contributed by atoms with E-state index in [2.05, 4.69) is 33.3 Å². The molecule has 15 heavy (non-hydrogen) atoms. The normalized spacial score (nSPS) is 17.1. The third-order valence-electron chi connectivity index (χ3n) is 2.17. The smallest absolute Gasteiger partial charge is 0.209 e. The standard InChI is InChI=1S/C11H13N3S/c1-3-8-12-11-13-15-10-7-5-4-6-9(10)14(11)2/h3-7H,1,8H2,2H3,(H,12,13). The summed E-state index contributed by atoms with van der Waals surface area (Å²) in [6.45, 7) is 4.29. The number of hydrogen-bond donors (Lipinski definition) is 1. The minimum absolute atomic E-state index is 0.634. The van der Waals surface area contributed by atoms with Crippen molar-refractivity contribution in [2.45, 2.75) is 4.90 Å². The van der Waals surface area contributed by atoms with E-state index in [0.717, 1.165) is 5.96 Å². The van der Waals surface area contributed by atoms with Gasteiger partial charge in [-0.25, -0.2) is 4.99 Å². The first-order chi connectivity index (χ1) is 7.33. The average Bonchev–Trinajstić information content (AvgIpc) is 2.29. The van der Waals surface area contributed by atoms with Gasteiger partial charge in [0, 0.05) is 7.05 Å². The molecule has 0 bridgehead atoms. The molecule has 0 fully saturated rings. The lowest BCUT2D eigenvalue weighted by Gasteiger charge is -2.28. The van der Waals surface area contributed by atoms with Crippen molar-refractivity contribution in [3.8, 4) is 0 Å². The number of aliphatic imine (C=N–C) groups is 1. The summed E-state index contributed by atoms with van der Waals surface area (Å²) in [5.41, 5.74) is 1.18. The highest BCUT2D eigenvalue weighted by Gasteiger charge is 2.18. The summed E-state index contributed by atoms with van der Waals surface area (Å²) in [5.74, 6) is 0.874. The lowest BCUT2D eigenvalue weighted by Crippen LogP contribution is -2.38. The highest BCUT2D eigenvalue weighted by molar-refractivity contribution is 7.98. The molecular formula is C11H13N3S. The maximum absolute atomic E-state index is 4.37. The van der Waals surface area contributed by atoms with Gasteiger partial charge < -0.3 is 4.90 Å². The van der Waals surface area contributed by atoms with Crippen LogP contribution in [0.15, 0.2) is 46.8 Å². The molecule has 1 heterocycles. The van der Waals surface area contributed by atoms with Crippen LogP contribution in [-0.4, -0.2) is 19.6 Å². The fourth-order valence-corrected chi connectivity index (χ4v) is 2.25. The second kappa shape index (κ2) is 4.40. The topological polar surface area (TPSA) is 27.6 Å². The zero-order valence-electron chi connectivity index (χ0n) is 8.60. The van der Waals surface area contributed by atoms with Gasteiger partial charge in [0.05, 0.1) is 17.1 Å². The minimum Gasteiger partial charge on any atom is -0.314 e. The fourth-order valence-electron chi connectivity index (χ4n) is 1.39. The molecule has 2 rings (SSSR count). The van der Waals surface area contributed by atoms with Gasteiger partial charge in [-0.3, -0.25) is 4.72 Å². The molecule has 0 amide bonds. The van der Waals surface area contributed by atoms with Crippen LogP contribution >= 0.6 is 11.9 Å². The van der Waals surface area contributed by atoms with Crippen LogP contribution in [0.3, 0.4) is 0 Å². The van der Waals surface area contributed by atoms with Crippen molar-refractivity contribution in [1.82, 2.24) is 4.72 Å². The summed E-state index contributed by atoms with van der Waals surface area (Å²) in [7, 11) is 2.01. The number of hydrogen-bond acceptors (Lipinski definition) is 2. The minimum atomic E-state index is 0.634. The molecule has 3 nitrogen and oxygen atoms in total. The Bertz CT molecular complexity index is 401. The Morgan fingerprint density at radius 1 is 1.53 bits per heavy atom. The molecule has 1 aliphatic rings. The van der Waals surface area contributed by atoms with Crippen LogP contribution in [0.4, 0.5) is 5.69 Å². The molecule has 1 aliphatic heterocycles. The highest BCUT2D eigenvalue weighted by atomic mass is 32.2. The molecule has 0 aliphatic carbocycles. The van der Waals surface area contributed by atoms with Crippen LogP contribution < -0.4 is 9.62 Å². The molecule has 1 aromatic rings. The molecule has 0 aromatic heterocycles. The average molecular weight is 219 g/mol. The number of rotatable bonds is 2. The number of nitrogens with one attached hydrogen (secondary N) is 1. The summed E-state index contributed by atoms with van der Waals surface area (Å²) < 4.78 is 3.20. The Labute approximate surface area is 94.0 Å². The summed E-state index contributed by atoms with van der Waals surface area (Å²) >= 11 is 1.59. The van der Waals surface area contributed by atoms with Crippen molar-refractivity contribution in [2.75, 3.05) is 18.5 Å². The van der Waals surface area contributed by atoms with E-state index in [-0.39, 0.29) is 0 Å². The van der Waals surface area contributed by atoms with Gasteiger partial charge in [0.2, 0.25) is 5.96 Å². The Kier molecular flexibility index (Phi) is 2.97. The van der Waals surface area contributed by atoms with Crippen LogP contribution in [-0.2, 0) is 0 Å². The van der Waals surface area contributed by atoms with Crippen molar-refractivity contribution in [3.05, 3.63) is 36.9 Å². The van der Waals surface area contributed by atoms with E-state index in [4.69, 9.17) is 0 Å². The third-order valence-corrected chi connectivity index (χ3v) is 3.02. The molecule has 0 atom stereocenters. The summed E-state index contributed by atoms with van der Waals surface area (Å²) in [6.07, 6.45) is 1.79. The molecule has 4 heteroatoms. The Hall–Kier alpha value is -1.42. The number of fused-ring (bicyclic) bond motifs is 1. The van der Waals surface area contributed by atoms with Crippen molar-refractivity contribution in [2.24, 2.45) is 4.99 Å². The van der Waals surface area contributed by atoms with E-state index in [0.29, 0.717) is 6.54 Å². The van der Waals surface area contributed by atoms with E-state index in [1.807, 2.05) is 19.2 Å². The van der Waals surface area contributed by atoms with E-state index in [1.165, 1.54) is 10.6 Å². The van der Waals surface area contributed by atoms with Gasteiger partial charge in [-0.05, 0) is 24.1 Å². The van der Waals surface area contributed by atoms with Crippen molar-refractivity contribution in [3.63, 3.8) is 0 Å². The molecule has 0 unspecified atom stereocenters. The largest absolute Gasteiger partial charge is 0.314 e. The van der Waals surface area contributed by atoms with Crippen LogP contribution in [0.25, 0.3) is 0 Å². The van der Waals surface area contributed by atoms with Gasteiger partial charge in [-0.15, -0.1) is 6.58 Å². The molecule has 1 aromatic carbocycles. The highest BCUT2D eigenvalue weighted by Crippen LogP contribution is 2.31. The van der Waals surface area contributed by atoms with Gasteiger partial charge >= 0.3 is 0 Å². The fraction of sp³-hybridized carbons (Fsp3) is 0.182. The molecule has 0 radical (unpaired) electrons. The van der Waals surface area contributed by atoms with Gasteiger partial charge in [0.25, 0.3) is 0 Å². The first-order valence-electron chi connectivity index (χ1n) is 4.74. The lowest BCUT2D eigenvalue weighted by atomic mass is 10.3. The van der Waals surface area contributed by atoms with E-state index >= 15 is 0 Å². The van der Waals surface area contributed by atoms with E-state index in [1.54, 1.807) is 18.0 Å². The van der Waals surface area contributed by atoms with Crippen LogP contribution in [0, 0.1) is 0 Å². The zero-order chi connectivity index (χ0) is 10.7. The van der Waals surface area contributed by atoms with Crippen LogP contribution in [0.5, 0.6) is 0 Å². The van der Waals surface area contributed by atoms with Crippen LogP contribution in [0.1, 0.15) is 0 Å². The lowest BCUT2D eigenvalue weighted by molar-refractivity contribution is 1.09. The Balaban J connectivity index is 2.29. The zero-order valence-corrected chi connectivity index (χ0v) is 9.42. The monoisotopic (exact) mass is 219 g/mol. The second-order valence-electron chi connectivity index (χ2n) is 3.18. The number of para-hydroxylation sites is 1. The van der Waals surface area contributed by atoms with Crippen molar-refractivity contribution < 1.29 is 0 Å². The predicted octanol–water partition coefficient (Wildman–Crippen LogP) is 2.28. The van der Waals surface area contributed by atoms with Crippen molar-refractivity contribution >= 4 is 23.6 Å². The molecule has 0 spiro atoms. The van der Waals surface area contributed by atoms with Gasteiger partial charge in [-0.2, -0.15) is 0 Å².